The summed E-state index contributed by atoms with van der Waals surface area (Å²) in [5.74, 6) is 0.588. The molecule has 0 aromatic heterocycles. The number of carbonyl (C=O) groups is 1. The summed E-state index contributed by atoms with van der Waals surface area (Å²) in [7, 11) is -1.69. The number of anilines is 1. The van der Waals surface area contributed by atoms with Crippen molar-refractivity contribution < 1.29 is 17.9 Å². The fraction of sp³-hybridized carbons (Fsp3) is 0.316. The van der Waals surface area contributed by atoms with Gasteiger partial charge in [-0.2, -0.15) is 0 Å². The Labute approximate surface area is 153 Å². The lowest BCUT2D eigenvalue weighted by Crippen LogP contribution is -2.34. The molecule has 6 nitrogen and oxygen atoms in total. The number of nitrogens with one attached hydrogen (secondary N) is 1. The summed E-state index contributed by atoms with van der Waals surface area (Å²) >= 11 is 0. The maximum absolute atomic E-state index is 12.4. The summed E-state index contributed by atoms with van der Waals surface area (Å²) in [5, 5.41) is 2.89. The largest absolute Gasteiger partial charge is 0.497 e. The Morgan fingerprint density at radius 1 is 1.19 bits per heavy atom. The van der Waals surface area contributed by atoms with E-state index >= 15 is 0 Å². The van der Waals surface area contributed by atoms with Crippen LogP contribution in [0, 0.1) is 0 Å². The first-order chi connectivity index (χ1) is 12.4. The van der Waals surface area contributed by atoms with Crippen LogP contribution in [-0.4, -0.2) is 34.2 Å². The molecule has 2 aromatic carbocycles. The lowest BCUT2D eigenvalue weighted by atomic mass is 10.0. The molecule has 3 rings (SSSR count). The van der Waals surface area contributed by atoms with Crippen LogP contribution in [0.4, 0.5) is 5.69 Å². The molecular formula is C19H22N2O4S. The number of carbonyl (C=O) groups excluding carboxylic acids is 1. The van der Waals surface area contributed by atoms with E-state index in [4.69, 9.17) is 4.74 Å². The Kier molecular flexibility index (Phi) is 5.18. The van der Waals surface area contributed by atoms with Crippen molar-refractivity contribution in [3.05, 3.63) is 59.2 Å². The number of methoxy groups -OCH3 is 1. The van der Waals surface area contributed by atoms with E-state index < -0.39 is 10.0 Å². The molecule has 1 aliphatic heterocycles. The molecule has 26 heavy (non-hydrogen) atoms. The van der Waals surface area contributed by atoms with Crippen molar-refractivity contribution in [1.29, 1.82) is 0 Å². The SMILES string of the molecule is COc1ccc(CNC(=O)c2ccc3c(c2)CCCN3S(C)(=O)=O)cc1. The molecule has 7 heteroatoms. The minimum Gasteiger partial charge on any atom is -0.497 e. The van der Waals surface area contributed by atoms with Gasteiger partial charge >= 0.3 is 0 Å². The van der Waals surface area contributed by atoms with Crippen molar-refractivity contribution in [2.75, 3.05) is 24.2 Å². The Bertz CT molecular complexity index is 908. The second kappa shape index (κ2) is 7.37. The minimum atomic E-state index is -3.30. The molecule has 2 aromatic rings. The van der Waals surface area contributed by atoms with Gasteiger partial charge in [-0.1, -0.05) is 12.1 Å². The molecular weight excluding hydrogens is 352 g/mol. The third-order valence-electron chi connectivity index (χ3n) is 4.43. The quantitative estimate of drug-likeness (QED) is 0.872. The van der Waals surface area contributed by atoms with E-state index in [2.05, 4.69) is 5.32 Å². The van der Waals surface area contributed by atoms with Crippen LogP contribution in [0.25, 0.3) is 0 Å². The molecule has 1 aliphatic rings. The van der Waals surface area contributed by atoms with E-state index in [0.717, 1.165) is 29.7 Å². The predicted molar refractivity (Wildman–Crippen MR) is 101 cm³/mol. The number of sulfonamides is 1. The van der Waals surface area contributed by atoms with Crippen molar-refractivity contribution in [2.45, 2.75) is 19.4 Å². The third-order valence-corrected chi connectivity index (χ3v) is 5.61. The van der Waals surface area contributed by atoms with Crippen LogP contribution in [0.5, 0.6) is 5.75 Å². The average Bonchev–Trinajstić information content (AvgIpc) is 2.64. The van der Waals surface area contributed by atoms with Crippen LogP contribution >= 0.6 is 0 Å². The number of aryl methyl sites for hydroxylation is 1. The van der Waals surface area contributed by atoms with Gasteiger partial charge in [0, 0.05) is 18.7 Å². The highest BCUT2D eigenvalue weighted by molar-refractivity contribution is 7.92. The van der Waals surface area contributed by atoms with Crippen molar-refractivity contribution in [2.24, 2.45) is 0 Å². The van der Waals surface area contributed by atoms with Crippen LogP contribution < -0.4 is 14.4 Å². The second-order valence-electron chi connectivity index (χ2n) is 6.31. The van der Waals surface area contributed by atoms with Gasteiger partial charge in [-0.05, 0) is 54.3 Å². The summed E-state index contributed by atoms with van der Waals surface area (Å²) in [4.78, 5) is 12.4. The highest BCUT2D eigenvalue weighted by Gasteiger charge is 2.24. The van der Waals surface area contributed by atoms with Crippen LogP contribution in [-0.2, 0) is 23.0 Å². The first-order valence-corrected chi connectivity index (χ1v) is 10.2. The normalized spacial score (nSPS) is 13.8. The van der Waals surface area contributed by atoms with E-state index in [1.54, 1.807) is 25.3 Å². The van der Waals surface area contributed by atoms with Crippen LogP contribution in [0.1, 0.15) is 27.9 Å². The summed E-state index contributed by atoms with van der Waals surface area (Å²) < 4.78 is 30.3. The number of amides is 1. The zero-order valence-corrected chi connectivity index (χ0v) is 15.7. The van der Waals surface area contributed by atoms with E-state index in [-0.39, 0.29) is 5.91 Å². The molecule has 0 bridgehead atoms. The van der Waals surface area contributed by atoms with E-state index in [1.807, 2.05) is 24.3 Å². The standard InChI is InChI=1S/C19H22N2O4S/c1-25-17-8-5-14(6-9-17)13-20-19(22)16-7-10-18-15(12-16)4-3-11-21(18)26(2,23)24/h5-10,12H,3-4,11,13H2,1-2H3,(H,20,22). The van der Waals surface area contributed by atoms with Gasteiger partial charge in [0.2, 0.25) is 10.0 Å². The molecule has 1 N–H and O–H groups in total. The van der Waals surface area contributed by atoms with Crippen molar-refractivity contribution in [3.8, 4) is 5.75 Å². The first kappa shape index (κ1) is 18.3. The van der Waals surface area contributed by atoms with E-state index in [0.29, 0.717) is 24.3 Å². The monoisotopic (exact) mass is 374 g/mol. The Morgan fingerprint density at radius 3 is 2.58 bits per heavy atom. The fourth-order valence-electron chi connectivity index (χ4n) is 3.08. The number of nitrogens with zero attached hydrogens (tertiary/aromatic N) is 1. The fourth-order valence-corrected chi connectivity index (χ4v) is 4.07. The van der Waals surface area contributed by atoms with E-state index in [9.17, 15) is 13.2 Å². The lowest BCUT2D eigenvalue weighted by molar-refractivity contribution is 0.0951. The van der Waals surface area contributed by atoms with Gasteiger partial charge in [0.25, 0.3) is 5.91 Å². The molecule has 0 atom stereocenters. The Morgan fingerprint density at radius 2 is 1.92 bits per heavy atom. The number of benzene rings is 2. The molecule has 0 aliphatic carbocycles. The number of hydrogen-bond acceptors (Lipinski definition) is 4. The van der Waals surface area contributed by atoms with Crippen molar-refractivity contribution >= 4 is 21.6 Å². The molecule has 138 valence electrons. The predicted octanol–water partition coefficient (Wildman–Crippen LogP) is 2.34. The second-order valence-corrected chi connectivity index (χ2v) is 8.22. The summed E-state index contributed by atoms with van der Waals surface area (Å²) in [6.45, 7) is 0.893. The molecule has 1 amide bonds. The number of fused-ring (bicyclic) bond motifs is 1. The first-order valence-electron chi connectivity index (χ1n) is 8.40. The molecule has 0 saturated carbocycles. The zero-order chi connectivity index (χ0) is 18.7. The molecule has 0 saturated heterocycles. The number of ether oxygens (including phenoxy) is 1. The molecule has 0 spiro atoms. The van der Waals surface area contributed by atoms with Gasteiger partial charge in [-0.25, -0.2) is 8.42 Å². The Balaban J connectivity index is 1.72. The summed E-state index contributed by atoms with van der Waals surface area (Å²) in [5.41, 5.74) is 3.07. The highest BCUT2D eigenvalue weighted by atomic mass is 32.2. The summed E-state index contributed by atoms with van der Waals surface area (Å²) in [6, 6.07) is 12.7. The van der Waals surface area contributed by atoms with Crippen LogP contribution in [0.3, 0.4) is 0 Å². The van der Waals surface area contributed by atoms with Gasteiger partial charge in [0.05, 0.1) is 19.1 Å². The topological polar surface area (TPSA) is 75.7 Å². The van der Waals surface area contributed by atoms with Crippen molar-refractivity contribution in [1.82, 2.24) is 5.32 Å². The highest BCUT2D eigenvalue weighted by Crippen LogP contribution is 2.29. The smallest absolute Gasteiger partial charge is 0.251 e. The average molecular weight is 374 g/mol. The van der Waals surface area contributed by atoms with Crippen LogP contribution in [0.2, 0.25) is 0 Å². The molecule has 1 heterocycles. The molecule has 0 fully saturated rings. The number of hydrogen-bond donors (Lipinski definition) is 1. The minimum absolute atomic E-state index is 0.180. The maximum Gasteiger partial charge on any atom is 0.251 e. The van der Waals surface area contributed by atoms with Crippen LogP contribution in [0.15, 0.2) is 42.5 Å². The van der Waals surface area contributed by atoms with Gasteiger partial charge in [0.15, 0.2) is 0 Å². The zero-order valence-electron chi connectivity index (χ0n) is 14.9. The van der Waals surface area contributed by atoms with Gasteiger partial charge in [-0.3, -0.25) is 9.10 Å². The van der Waals surface area contributed by atoms with E-state index in [1.165, 1.54) is 10.6 Å². The van der Waals surface area contributed by atoms with Gasteiger partial charge < -0.3 is 10.1 Å². The maximum atomic E-state index is 12.4. The lowest BCUT2D eigenvalue weighted by Gasteiger charge is -2.29. The number of rotatable bonds is 5. The van der Waals surface area contributed by atoms with Gasteiger partial charge in [-0.15, -0.1) is 0 Å². The molecule has 0 radical (unpaired) electrons. The Hall–Kier alpha value is -2.54. The summed E-state index contributed by atoms with van der Waals surface area (Å²) in [6.07, 6.45) is 2.72. The third kappa shape index (κ3) is 3.99. The van der Waals surface area contributed by atoms with Gasteiger partial charge in [0.1, 0.15) is 5.75 Å². The van der Waals surface area contributed by atoms with Crippen molar-refractivity contribution in [3.63, 3.8) is 0 Å². The molecule has 0 unspecified atom stereocenters.